The molecular weight excluding hydrogens is 516 g/mol. The number of carbonyl (C=O) groups is 3. The van der Waals surface area contributed by atoms with Crippen LogP contribution >= 0.6 is 11.5 Å². The van der Waals surface area contributed by atoms with Gasteiger partial charge in [-0.25, -0.2) is 0 Å². The molecule has 0 bridgehead atoms. The van der Waals surface area contributed by atoms with Crippen LogP contribution in [0.2, 0.25) is 0 Å². The third-order valence-electron chi connectivity index (χ3n) is 6.90. The molecule has 1 fully saturated rings. The Labute approximate surface area is 232 Å². The highest BCUT2D eigenvalue weighted by Crippen LogP contribution is 2.34. The standard InChI is InChI=1S/C28H34N6O4S/c1-16-7-10-20(14-17(16)2)34(28(37)25-22(29)23(26(30)35)32-39-25)24(18-8-11-19(12-9-18)33(3)4)27(36)31-15-21-6-5-13-38-21/h7-12,14,21,24H,5-6,13,15,29H2,1-4H3,(H2,30,35)(H,31,36)/t21-,24+/m0/s1. The molecule has 11 heteroatoms. The molecule has 1 aliphatic rings. The highest BCUT2D eigenvalue weighted by molar-refractivity contribution is 7.09. The first kappa shape index (κ1) is 28.1. The second-order valence-corrected chi connectivity index (χ2v) is 10.6. The quantitative estimate of drug-likeness (QED) is 0.371. The Kier molecular flexibility index (Phi) is 8.51. The van der Waals surface area contributed by atoms with Crippen molar-refractivity contribution < 1.29 is 19.1 Å². The molecule has 2 heterocycles. The molecule has 1 aliphatic heterocycles. The number of nitrogens with two attached hydrogens (primary N) is 2. The number of ether oxygens (including phenoxy) is 1. The summed E-state index contributed by atoms with van der Waals surface area (Å²) < 4.78 is 9.71. The number of benzene rings is 2. The van der Waals surface area contributed by atoms with Crippen molar-refractivity contribution >= 4 is 46.3 Å². The summed E-state index contributed by atoms with van der Waals surface area (Å²) in [6.45, 7) is 4.90. The van der Waals surface area contributed by atoms with E-state index < -0.39 is 17.9 Å². The van der Waals surface area contributed by atoms with E-state index in [9.17, 15) is 14.4 Å². The van der Waals surface area contributed by atoms with Crippen molar-refractivity contribution in [3.63, 3.8) is 0 Å². The summed E-state index contributed by atoms with van der Waals surface area (Å²) in [6.07, 6.45) is 1.72. The van der Waals surface area contributed by atoms with E-state index in [0.29, 0.717) is 24.4 Å². The molecule has 0 aliphatic carbocycles. The Morgan fingerprint density at radius 1 is 1.10 bits per heavy atom. The number of aromatic nitrogens is 1. The first-order valence-corrected chi connectivity index (χ1v) is 13.5. The largest absolute Gasteiger partial charge is 0.395 e. The minimum Gasteiger partial charge on any atom is -0.395 e. The summed E-state index contributed by atoms with van der Waals surface area (Å²) in [4.78, 5) is 43.4. The van der Waals surface area contributed by atoms with Gasteiger partial charge in [0.05, 0.1) is 11.8 Å². The summed E-state index contributed by atoms with van der Waals surface area (Å²) >= 11 is 0.782. The van der Waals surface area contributed by atoms with E-state index in [1.807, 2.05) is 69.2 Å². The molecule has 10 nitrogen and oxygen atoms in total. The minimum atomic E-state index is -1.05. The normalized spacial score (nSPS) is 15.5. The van der Waals surface area contributed by atoms with Crippen LogP contribution in [0, 0.1) is 13.8 Å². The Hall–Kier alpha value is -3.96. The number of nitrogen functional groups attached to an aromatic ring is 1. The van der Waals surface area contributed by atoms with Gasteiger partial charge >= 0.3 is 0 Å². The van der Waals surface area contributed by atoms with Gasteiger partial charge in [-0.2, -0.15) is 4.37 Å². The molecule has 0 spiro atoms. The summed E-state index contributed by atoms with van der Waals surface area (Å²) in [5.41, 5.74) is 15.3. The van der Waals surface area contributed by atoms with Gasteiger partial charge < -0.3 is 26.4 Å². The lowest BCUT2D eigenvalue weighted by molar-refractivity contribution is -0.123. The van der Waals surface area contributed by atoms with E-state index in [-0.39, 0.29) is 28.3 Å². The van der Waals surface area contributed by atoms with Crippen molar-refractivity contribution in [2.75, 3.05) is 42.8 Å². The maximum Gasteiger partial charge on any atom is 0.273 e. The van der Waals surface area contributed by atoms with Gasteiger partial charge in [-0.3, -0.25) is 19.3 Å². The number of aryl methyl sites for hydroxylation is 2. The fourth-order valence-electron chi connectivity index (χ4n) is 4.49. The Morgan fingerprint density at radius 2 is 1.79 bits per heavy atom. The van der Waals surface area contributed by atoms with Crippen LogP contribution in [0.1, 0.15) is 55.7 Å². The number of carbonyl (C=O) groups excluding carboxylic acids is 3. The molecule has 1 saturated heterocycles. The highest BCUT2D eigenvalue weighted by atomic mass is 32.1. The molecule has 2 aromatic carbocycles. The van der Waals surface area contributed by atoms with Crippen molar-refractivity contribution in [3.05, 3.63) is 69.7 Å². The Morgan fingerprint density at radius 3 is 2.36 bits per heavy atom. The fraction of sp³-hybridized carbons (Fsp3) is 0.357. The molecule has 2 atom stereocenters. The number of hydrogen-bond donors (Lipinski definition) is 3. The van der Waals surface area contributed by atoms with Gasteiger partial charge in [-0.15, -0.1) is 0 Å². The van der Waals surface area contributed by atoms with Crippen LogP contribution in [0.15, 0.2) is 42.5 Å². The molecular formula is C28H34N6O4S. The molecule has 0 unspecified atom stereocenters. The lowest BCUT2D eigenvalue weighted by Gasteiger charge is -2.32. The van der Waals surface area contributed by atoms with Crippen LogP contribution in [-0.2, 0) is 9.53 Å². The predicted octanol–water partition coefficient (Wildman–Crippen LogP) is 3.19. The van der Waals surface area contributed by atoms with E-state index in [0.717, 1.165) is 41.2 Å². The average molecular weight is 551 g/mol. The maximum atomic E-state index is 14.2. The lowest BCUT2D eigenvalue weighted by atomic mass is 10.0. The van der Waals surface area contributed by atoms with Crippen molar-refractivity contribution in [1.82, 2.24) is 9.69 Å². The minimum absolute atomic E-state index is 0.0314. The zero-order chi connectivity index (χ0) is 28.3. The number of rotatable bonds is 9. The average Bonchev–Trinajstić information content (AvgIpc) is 3.57. The number of primary amides is 1. The van der Waals surface area contributed by atoms with Crippen LogP contribution < -0.4 is 26.6 Å². The van der Waals surface area contributed by atoms with Crippen LogP contribution in [0.3, 0.4) is 0 Å². The van der Waals surface area contributed by atoms with E-state index in [2.05, 4.69) is 9.69 Å². The second kappa shape index (κ2) is 11.8. The Bertz CT molecular complexity index is 1360. The van der Waals surface area contributed by atoms with E-state index in [4.69, 9.17) is 16.2 Å². The van der Waals surface area contributed by atoms with Gasteiger partial charge in [0.15, 0.2) is 5.69 Å². The number of hydrogen-bond acceptors (Lipinski definition) is 8. The number of anilines is 3. The monoisotopic (exact) mass is 550 g/mol. The fourth-order valence-corrected chi connectivity index (χ4v) is 5.23. The summed E-state index contributed by atoms with van der Waals surface area (Å²) in [6, 6.07) is 11.9. The molecule has 3 aromatic rings. The second-order valence-electron chi connectivity index (χ2n) is 9.85. The van der Waals surface area contributed by atoms with Crippen LogP contribution in [0.4, 0.5) is 17.1 Å². The zero-order valence-electron chi connectivity index (χ0n) is 22.6. The Balaban J connectivity index is 1.84. The maximum absolute atomic E-state index is 14.2. The summed E-state index contributed by atoms with van der Waals surface area (Å²) in [5.74, 6) is -1.76. The molecule has 1 aromatic heterocycles. The van der Waals surface area contributed by atoms with Crippen molar-refractivity contribution in [1.29, 1.82) is 0 Å². The van der Waals surface area contributed by atoms with E-state index >= 15 is 0 Å². The van der Waals surface area contributed by atoms with Gasteiger partial charge in [0.25, 0.3) is 11.8 Å². The molecule has 0 radical (unpaired) electrons. The van der Waals surface area contributed by atoms with Crippen LogP contribution in [0.25, 0.3) is 0 Å². The summed E-state index contributed by atoms with van der Waals surface area (Å²) in [5, 5.41) is 3.00. The van der Waals surface area contributed by atoms with Gasteiger partial charge in [-0.05, 0) is 79.2 Å². The van der Waals surface area contributed by atoms with Gasteiger partial charge in [0.2, 0.25) is 5.91 Å². The van der Waals surface area contributed by atoms with Gasteiger partial charge in [-0.1, -0.05) is 18.2 Å². The van der Waals surface area contributed by atoms with E-state index in [1.165, 1.54) is 4.90 Å². The number of nitrogens with one attached hydrogen (secondary N) is 1. The lowest BCUT2D eigenvalue weighted by Crippen LogP contribution is -2.45. The molecule has 206 valence electrons. The topological polar surface area (TPSA) is 144 Å². The van der Waals surface area contributed by atoms with Crippen molar-refractivity contribution in [2.45, 2.75) is 38.8 Å². The third-order valence-corrected chi connectivity index (χ3v) is 7.75. The van der Waals surface area contributed by atoms with Crippen LogP contribution in [0.5, 0.6) is 0 Å². The molecule has 4 rings (SSSR count). The number of amides is 3. The molecule has 39 heavy (non-hydrogen) atoms. The van der Waals surface area contributed by atoms with Crippen molar-refractivity contribution in [2.24, 2.45) is 5.73 Å². The number of nitrogens with zero attached hydrogens (tertiary/aromatic N) is 3. The molecule has 3 amide bonds. The smallest absolute Gasteiger partial charge is 0.273 e. The first-order chi connectivity index (χ1) is 18.6. The van der Waals surface area contributed by atoms with Gasteiger partial charge in [0.1, 0.15) is 10.9 Å². The molecule has 5 N–H and O–H groups in total. The third kappa shape index (κ3) is 6.04. The first-order valence-electron chi connectivity index (χ1n) is 12.7. The SMILES string of the molecule is Cc1ccc(N(C(=O)c2snc(C(N)=O)c2N)[C@@H](C(=O)NC[C@@H]2CCCO2)c2ccc(N(C)C)cc2)cc1C. The zero-order valence-corrected chi connectivity index (χ0v) is 23.4. The van der Waals surface area contributed by atoms with Gasteiger partial charge in [0, 0.05) is 38.6 Å². The summed E-state index contributed by atoms with van der Waals surface area (Å²) in [7, 11) is 3.85. The van der Waals surface area contributed by atoms with E-state index in [1.54, 1.807) is 6.07 Å². The van der Waals surface area contributed by atoms with Crippen molar-refractivity contribution in [3.8, 4) is 0 Å². The predicted molar refractivity (Wildman–Crippen MR) is 153 cm³/mol. The molecule has 0 saturated carbocycles. The highest BCUT2D eigenvalue weighted by Gasteiger charge is 2.36. The van der Waals surface area contributed by atoms with Crippen LogP contribution in [-0.4, -0.2) is 55.4 Å².